The van der Waals surface area contributed by atoms with Gasteiger partial charge in [0.1, 0.15) is 0 Å². The summed E-state index contributed by atoms with van der Waals surface area (Å²) in [7, 11) is 1.90. The largest absolute Gasteiger partial charge is 0.396 e. The summed E-state index contributed by atoms with van der Waals surface area (Å²) in [5, 5.41) is 13.4. The van der Waals surface area contributed by atoms with Gasteiger partial charge in [0, 0.05) is 51.7 Å². The van der Waals surface area contributed by atoms with E-state index in [1.54, 1.807) is 6.92 Å². The van der Waals surface area contributed by atoms with Crippen LogP contribution in [0.25, 0.3) is 0 Å². The molecule has 1 fully saturated rings. The Morgan fingerprint density at radius 2 is 2.41 bits per heavy atom. The molecule has 1 aliphatic rings. The van der Waals surface area contributed by atoms with Gasteiger partial charge in [0.2, 0.25) is 5.91 Å². The maximum Gasteiger partial charge on any atom is 0.219 e. The summed E-state index contributed by atoms with van der Waals surface area (Å²) in [6.07, 6.45) is 1.61. The number of aryl methyl sites for hydroxylation is 1. The maximum atomic E-state index is 11.3. The van der Waals surface area contributed by atoms with E-state index in [1.165, 1.54) is 0 Å². The van der Waals surface area contributed by atoms with Gasteiger partial charge in [-0.1, -0.05) is 0 Å². The van der Waals surface area contributed by atoms with Crippen LogP contribution in [0.3, 0.4) is 0 Å². The fourth-order valence-electron chi connectivity index (χ4n) is 2.37. The van der Waals surface area contributed by atoms with Gasteiger partial charge in [0.05, 0.1) is 5.69 Å². The average Bonchev–Trinajstić information content (AvgIpc) is 2.86. The molecular weight excluding hydrogens is 218 g/mol. The number of amides is 1. The molecule has 1 unspecified atom stereocenters. The van der Waals surface area contributed by atoms with Crippen molar-refractivity contribution in [2.24, 2.45) is 7.05 Å². The third kappa shape index (κ3) is 2.49. The van der Waals surface area contributed by atoms with Gasteiger partial charge in [-0.25, -0.2) is 0 Å². The smallest absolute Gasteiger partial charge is 0.219 e. The summed E-state index contributed by atoms with van der Waals surface area (Å²) < 4.78 is 1.82. The number of aromatic nitrogens is 2. The molecule has 1 atom stereocenters. The highest BCUT2D eigenvalue weighted by atomic mass is 16.3. The lowest BCUT2D eigenvalue weighted by atomic mass is 10.0. The number of aliphatic hydroxyl groups excluding tert-OH is 1. The van der Waals surface area contributed by atoms with Gasteiger partial charge in [-0.3, -0.25) is 9.48 Å². The number of aliphatic hydroxyl groups is 1. The third-order valence-electron chi connectivity index (χ3n) is 3.42. The number of rotatable bonds is 3. The van der Waals surface area contributed by atoms with Crippen molar-refractivity contribution in [3.63, 3.8) is 0 Å². The quantitative estimate of drug-likeness (QED) is 0.822. The number of hydrogen-bond acceptors (Lipinski definition) is 3. The first-order chi connectivity index (χ1) is 8.11. The highest BCUT2D eigenvalue weighted by Gasteiger charge is 2.27. The molecule has 0 bridgehead atoms. The number of carbonyl (C=O) groups is 1. The summed E-state index contributed by atoms with van der Waals surface area (Å²) in [5.41, 5.74) is 2.09. The van der Waals surface area contributed by atoms with Crippen LogP contribution in [0.2, 0.25) is 0 Å². The fraction of sp³-hybridized carbons (Fsp3) is 0.667. The minimum atomic E-state index is 0.138. The van der Waals surface area contributed by atoms with E-state index < -0.39 is 0 Å². The Morgan fingerprint density at radius 1 is 1.65 bits per heavy atom. The van der Waals surface area contributed by atoms with E-state index in [9.17, 15) is 4.79 Å². The predicted molar refractivity (Wildman–Crippen MR) is 63.6 cm³/mol. The Morgan fingerprint density at radius 3 is 3.00 bits per heavy atom. The fourth-order valence-corrected chi connectivity index (χ4v) is 2.37. The Balaban J connectivity index is 2.08. The zero-order valence-electron chi connectivity index (χ0n) is 10.4. The molecule has 1 amide bonds. The van der Waals surface area contributed by atoms with Gasteiger partial charge in [-0.2, -0.15) is 5.10 Å². The van der Waals surface area contributed by atoms with E-state index in [0.29, 0.717) is 12.3 Å². The molecule has 2 heterocycles. The normalized spacial score (nSPS) is 19.9. The van der Waals surface area contributed by atoms with Gasteiger partial charge in [0.15, 0.2) is 0 Å². The molecule has 5 nitrogen and oxygen atoms in total. The van der Waals surface area contributed by atoms with Crippen LogP contribution in [0, 0.1) is 0 Å². The van der Waals surface area contributed by atoms with Crippen LogP contribution in [0.1, 0.15) is 30.7 Å². The van der Waals surface area contributed by atoms with Crippen LogP contribution in [-0.4, -0.2) is 45.4 Å². The molecule has 0 spiro atoms. The van der Waals surface area contributed by atoms with Gasteiger partial charge >= 0.3 is 0 Å². The Bertz CT molecular complexity index is 414. The monoisotopic (exact) mass is 237 g/mol. The first kappa shape index (κ1) is 12.1. The Hall–Kier alpha value is -1.36. The van der Waals surface area contributed by atoms with E-state index in [4.69, 9.17) is 5.11 Å². The standard InChI is InChI=1S/C12H19N3O2/c1-9(17)15-5-3-10(8-15)12-7-11(4-6-16)14(2)13-12/h7,10,16H,3-6,8H2,1-2H3. The van der Waals surface area contributed by atoms with Gasteiger partial charge in [-0.05, 0) is 12.5 Å². The molecule has 0 saturated carbocycles. The molecule has 1 saturated heterocycles. The van der Waals surface area contributed by atoms with Crippen molar-refractivity contribution in [1.29, 1.82) is 0 Å². The van der Waals surface area contributed by atoms with Gasteiger partial charge in [-0.15, -0.1) is 0 Å². The predicted octanol–water partition coefficient (Wildman–Crippen LogP) is 0.291. The molecule has 5 heteroatoms. The van der Waals surface area contributed by atoms with Crippen LogP contribution in [0.4, 0.5) is 0 Å². The minimum absolute atomic E-state index is 0.138. The molecule has 17 heavy (non-hydrogen) atoms. The zero-order chi connectivity index (χ0) is 12.4. The summed E-state index contributed by atoms with van der Waals surface area (Å²) in [5.74, 6) is 0.483. The first-order valence-electron chi connectivity index (χ1n) is 6.01. The summed E-state index contributed by atoms with van der Waals surface area (Å²) >= 11 is 0. The second-order valence-corrected chi connectivity index (χ2v) is 4.61. The van der Waals surface area contributed by atoms with Crippen molar-refractivity contribution in [3.05, 3.63) is 17.5 Å². The second kappa shape index (κ2) is 4.87. The maximum absolute atomic E-state index is 11.3. The van der Waals surface area contributed by atoms with Gasteiger partial charge in [0.25, 0.3) is 0 Å². The molecular formula is C12H19N3O2. The molecule has 0 aliphatic carbocycles. The topological polar surface area (TPSA) is 58.4 Å². The van der Waals surface area contributed by atoms with E-state index in [1.807, 2.05) is 22.7 Å². The molecule has 0 radical (unpaired) electrons. The molecule has 1 aromatic rings. The highest BCUT2D eigenvalue weighted by Crippen LogP contribution is 2.26. The molecule has 1 aromatic heterocycles. The van der Waals surface area contributed by atoms with Crippen LogP contribution < -0.4 is 0 Å². The lowest BCUT2D eigenvalue weighted by molar-refractivity contribution is -0.127. The average molecular weight is 237 g/mol. The second-order valence-electron chi connectivity index (χ2n) is 4.61. The van der Waals surface area contributed by atoms with Crippen LogP contribution in [0.5, 0.6) is 0 Å². The van der Waals surface area contributed by atoms with Crippen molar-refractivity contribution < 1.29 is 9.90 Å². The summed E-state index contributed by atoms with van der Waals surface area (Å²) in [4.78, 5) is 13.1. The van der Waals surface area contributed by atoms with Crippen molar-refractivity contribution in [2.45, 2.75) is 25.7 Å². The lowest BCUT2D eigenvalue weighted by Crippen LogP contribution is -2.25. The number of carbonyl (C=O) groups excluding carboxylic acids is 1. The summed E-state index contributed by atoms with van der Waals surface area (Å²) in [6, 6.07) is 2.05. The van der Waals surface area contributed by atoms with Crippen molar-refractivity contribution in [3.8, 4) is 0 Å². The zero-order valence-corrected chi connectivity index (χ0v) is 10.4. The third-order valence-corrected chi connectivity index (χ3v) is 3.42. The minimum Gasteiger partial charge on any atom is -0.396 e. The molecule has 0 aromatic carbocycles. The van der Waals surface area contributed by atoms with Gasteiger partial charge < -0.3 is 10.0 Å². The van der Waals surface area contributed by atoms with Crippen LogP contribution in [0.15, 0.2) is 6.07 Å². The van der Waals surface area contributed by atoms with Crippen molar-refractivity contribution >= 4 is 5.91 Å². The lowest BCUT2D eigenvalue weighted by Gasteiger charge is -2.12. The summed E-state index contributed by atoms with van der Waals surface area (Å²) in [6.45, 7) is 3.35. The highest BCUT2D eigenvalue weighted by molar-refractivity contribution is 5.73. The Kier molecular flexibility index (Phi) is 3.47. The van der Waals surface area contributed by atoms with E-state index in [2.05, 4.69) is 5.10 Å². The van der Waals surface area contributed by atoms with E-state index in [-0.39, 0.29) is 12.5 Å². The SMILES string of the molecule is CC(=O)N1CCC(c2cc(CCO)n(C)n2)C1. The van der Waals surface area contributed by atoms with Crippen molar-refractivity contribution in [1.82, 2.24) is 14.7 Å². The molecule has 1 aliphatic heterocycles. The van der Waals surface area contributed by atoms with E-state index in [0.717, 1.165) is 30.9 Å². The molecule has 94 valence electrons. The number of likely N-dealkylation sites (tertiary alicyclic amines) is 1. The molecule has 1 N–H and O–H groups in total. The van der Waals surface area contributed by atoms with Crippen molar-refractivity contribution in [2.75, 3.05) is 19.7 Å². The Labute approximate surface area is 101 Å². The molecule has 2 rings (SSSR count). The number of nitrogens with zero attached hydrogens (tertiary/aromatic N) is 3. The van der Waals surface area contributed by atoms with E-state index >= 15 is 0 Å². The van der Waals surface area contributed by atoms with Crippen LogP contribution in [-0.2, 0) is 18.3 Å². The number of hydrogen-bond donors (Lipinski definition) is 1. The van der Waals surface area contributed by atoms with Crippen LogP contribution >= 0.6 is 0 Å². The first-order valence-corrected chi connectivity index (χ1v) is 6.01.